The summed E-state index contributed by atoms with van der Waals surface area (Å²) in [6.07, 6.45) is 9.60. The standard InChI is InChI=1S/C18H34O5/c1-2-3-7-11-16(20)17(21)14-13-15(19)10-8-5-4-6-9-12-18(22)23/h13-17,19-21H,2-12H2,1H3,(H,22,23)/t15-,16+,17+/m0/s1. The van der Waals surface area contributed by atoms with E-state index in [1.807, 2.05) is 0 Å². The summed E-state index contributed by atoms with van der Waals surface area (Å²) < 4.78 is 0. The lowest BCUT2D eigenvalue weighted by Crippen LogP contribution is -2.24. The highest BCUT2D eigenvalue weighted by Crippen LogP contribution is 2.11. The minimum absolute atomic E-state index is 0.226. The highest BCUT2D eigenvalue weighted by Gasteiger charge is 2.12. The van der Waals surface area contributed by atoms with Crippen LogP contribution in [-0.2, 0) is 4.79 Å². The van der Waals surface area contributed by atoms with Crippen LogP contribution in [0, 0.1) is 0 Å². The van der Waals surface area contributed by atoms with Gasteiger partial charge in [-0.3, -0.25) is 4.79 Å². The molecule has 0 fully saturated rings. The van der Waals surface area contributed by atoms with E-state index in [0.29, 0.717) is 19.3 Å². The molecule has 0 aromatic carbocycles. The van der Waals surface area contributed by atoms with Crippen LogP contribution in [-0.4, -0.2) is 44.7 Å². The van der Waals surface area contributed by atoms with Gasteiger partial charge >= 0.3 is 5.97 Å². The summed E-state index contributed by atoms with van der Waals surface area (Å²) >= 11 is 0. The predicted molar refractivity (Wildman–Crippen MR) is 91.3 cm³/mol. The molecule has 4 N–H and O–H groups in total. The number of rotatable bonds is 15. The van der Waals surface area contributed by atoms with Gasteiger partial charge in [-0.1, -0.05) is 64.0 Å². The molecule has 0 aliphatic carbocycles. The van der Waals surface area contributed by atoms with Crippen molar-refractivity contribution in [3.8, 4) is 0 Å². The van der Waals surface area contributed by atoms with Crippen LogP contribution in [0.4, 0.5) is 0 Å². The number of hydrogen-bond donors (Lipinski definition) is 4. The lowest BCUT2D eigenvalue weighted by Gasteiger charge is -2.14. The van der Waals surface area contributed by atoms with Crippen LogP contribution < -0.4 is 0 Å². The highest BCUT2D eigenvalue weighted by atomic mass is 16.4. The third kappa shape index (κ3) is 14.4. The maximum Gasteiger partial charge on any atom is 0.303 e. The van der Waals surface area contributed by atoms with E-state index in [9.17, 15) is 20.1 Å². The number of carboxylic acid groups (broad SMARTS) is 1. The smallest absolute Gasteiger partial charge is 0.303 e. The molecular formula is C18H34O5. The van der Waals surface area contributed by atoms with Crippen molar-refractivity contribution in [1.82, 2.24) is 0 Å². The van der Waals surface area contributed by atoms with Crippen LogP contribution in [0.1, 0.15) is 77.6 Å². The van der Waals surface area contributed by atoms with Crippen molar-refractivity contribution in [3.05, 3.63) is 12.2 Å². The summed E-state index contributed by atoms with van der Waals surface area (Å²) in [4.78, 5) is 10.3. The van der Waals surface area contributed by atoms with Gasteiger partial charge in [-0.2, -0.15) is 0 Å². The third-order valence-corrected chi connectivity index (χ3v) is 3.92. The number of aliphatic hydroxyl groups excluding tert-OH is 3. The summed E-state index contributed by atoms with van der Waals surface area (Å²) in [6.45, 7) is 2.09. The van der Waals surface area contributed by atoms with E-state index in [2.05, 4.69) is 6.92 Å². The molecule has 0 heterocycles. The first-order chi connectivity index (χ1) is 11.0. The monoisotopic (exact) mass is 330 g/mol. The number of carboxylic acids is 1. The molecule has 0 bridgehead atoms. The Hall–Kier alpha value is -0.910. The summed E-state index contributed by atoms with van der Waals surface area (Å²) in [7, 11) is 0. The molecule has 23 heavy (non-hydrogen) atoms. The topological polar surface area (TPSA) is 98.0 Å². The number of aliphatic carboxylic acids is 1. The van der Waals surface area contributed by atoms with E-state index in [4.69, 9.17) is 5.11 Å². The number of aliphatic hydroxyl groups is 3. The zero-order chi connectivity index (χ0) is 17.5. The zero-order valence-corrected chi connectivity index (χ0v) is 14.4. The van der Waals surface area contributed by atoms with Crippen LogP contribution in [0.3, 0.4) is 0 Å². The minimum Gasteiger partial charge on any atom is -0.481 e. The fourth-order valence-electron chi connectivity index (χ4n) is 2.40. The van der Waals surface area contributed by atoms with E-state index in [0.717, 1.165) is 44.9 Å². The molecule has 0 aromatic rings. The Morgan fingerprint density at radius 3 is 2.13 bits per heavy atom. The van der Waals surface area contributed by atoms with Crippen LogP contribution >= 0.6 is 0 Å². The first-order valence-electron chi connectivity index (χ1n) is 8.91. The molecule has 3 atom stereocenters. The molecule has 5 nitrogen and oxygen atoms in total. The van der Waals surface area contributed by atoms with Crippen molar-refractivity contribution in [2.75, 3.05) is 0 Å². The van der Waals surface area contributed by atoms with Gasteiger partial charge in [0.1, 0.15) is 0 Å². The summed E-state index contributed by atoms with van der Waals surface area (Å²) in [5.74, 6) is -0.749. The van der Waals surface area contributed by atoms with Gasteiger partial charge in [-0.05, 0) is 19.3 Å². The van der Waals surface area contributed by atoms with Crippen molar-refractivity contribution in [3.63, 3.8) is 0 Å². The van der Waals surface area contributed by atoms with Crippen LogP contribution in [0.25, 0.3) is 0 Å². The van der Waals surface area contributed by atoms with Gasteiger partial charge in [0, 0.05) is 6.42 Å². The molecule has 0 aliphatic heterocycles. The Balaban J connectivity index is 3.66. The quantitative estimate of drug-likeness (QED) is 0.273. The molecule has 0 unspecified atom stereocenters. The van der Waals surface area contributed by atoms with Crippen molar-refractivity contribution in [2.24, 2.45) is 0 Å². The second kappa shape index (κ2) is 14.7. The second-order valence-corrected chi connectivity index (χ2v) is 6.21. The Labute approximate surface area is 140 Å². The van der Waals surface area contributed by atoms with E-state index in [-0.39, 0.29) is 6.42 Å². The van der Waals surface area contributed by atoms with Gasteiger partial charge in [0.15, 0.2) is 0 Å². The maximum atomic E-state index is 10.3. The lowest BCUT2D eigenvalue weighted by atomic mass is 10.0. The SMILES string of the molecule is CCCCC[C@@H](O)[C@H](O)C=C[C@@H](O)CCCCCCCC(=O)O. The van der Waals surface area contributed by atoms with E-state index in [1.54, 1.807) is 6.08 Å². The molecule has 0 saturated heterocycles. The van der Waals surface area contributed by atoms with Gasteiger partial charge in [-0.15, -0.1) is 0 Å². The predicted octanol–water partition coefficient (Wildman–Crippen LogP) is 3.02. The van der Waals surface area contributed by atoms with E-state index in [1.165, 1.54) is 6.08 Å². The van der Waals surface area contributed by atoms with Crippen molar-refractivity contribution in [1.29, 1.82) is 0 Å². The van der Waals surface area contributed by atoms with Crippen LogP contribution in [0.15, 0.2) is 12.2 Å². The normalized spacial score (nSPS) is 15.7. The van der Waals surface area contributed by atoms with E-state index < -0.39 is 24.3 Å². The molecule has 136 valence electrons. The summed E-state index contributed by atoms with van der Waals surface area (Å²) in [6, 6.07) is 0. The number of hydrogen-bond acceptors (Lipinski definition) is 4. The van der Waals surface area contributed by atoms with Crippen LogP contribution in [0.5, 0.6) is 0 Å². The molecule has 0 radical (unpaired) electrons. The average molecular weight is 330 g/mol. The molecule has 0 aliphatic rings. The van der Waals surface area contributed by atoms with Gasteiger partial charge < -0.3 is 20.4 Å². The zero-order valence-electron chi connectivity index (χ0n) is 14.4. The van der Waals surface area contributed by atoms with Gasteiger partial charge in [0.25, 0.3) is 0 Å². The molecule has 0 amide bonds. The molecule has 5 heteroatoms. The Morgan fingerprint density at radius 1 is 0.870 bits per heavy atom. The van der Waals surface area contributed by atoms with Crippen molar-refractivity contribution < 1.29 is 25.2 Å². The fraction of sp³-hybridized carbons (Fsp3) is 0.833. The highest BCUT2D eigenvalue weighted by molar-refractivity contribution is 5.66. The van der Waals surface area contributed by atoms with Crippen molar-refractivity contribution >= 4 is 5.97 Å². The molecule has 0 saturated carbocycles. The third-order valence-electron chi connectivity index (χ3n) is 3.92. The number of carbonyl (C=O) groups is 1. The summed E-state index contributed by atoms with van der Waals surface area (Å²) in [5.41, 5.74) is 0. The Morgan fingerprint density at radius 2 is 1.48 bits per heavy atom. The average Bonchev–Trinajstić information content (AvgIpc) is 2.51. The largest absolute Gasteiger partial charge is 0.481 e. The van der Waals surface area contributed by atoms with Crippen molar-refractivity contribution in [2.45, 2.75) is 95.9 Å². The first kappa shape index (κ1) is 22.1. The minimum atomic E-state index is -0.919. The Bertz CT molecular complexity index is 317. The van der Waals surface area contributed by atoms with Gasteiger partial charge in [0.2, 0.25) is 0 Å². The molecule has 0 rings (SSSR count). The molecule has 0 aromatic heterocycles. The Kier molecular flexibility index (Phi) is 14.1. The van der Waals surface area contributed by atoms with Gasteiger partial charge in [0.05, 0.1) is 18.3 Å². The fourth-order valence-corrected chi connectivity index (χ4v) is 2.40. The maximum absolute atomic E-state index is 10.3. The van der Waals surface area contributed by atoms with E-state index >= 15 is 0 Å². The lowest BCUT2D eigenvalue weighted by molar-refractivity contribution is -0.137. The van der Waals surface area contributed by atoms with Gasteiger partial charge in [-0.25, -0.2) is 0 Å². The summed E-state index contributed by atoms with van der Waals surface area (Å²) in [5, 5.41) is 37.9. The molecule has 0 spiro atoms. The first-order valence-corrected chi connectivity index (χ1v) is 8.91. The second-order valence-electron chi connectivity index (χ2n) is 6.21. The number of unbranched alkanes of at least 4 members (excludes halogenated alkanes) is 6. The van der Waals surface area contributed by atoms with Crippen LogP contribution in [0.2, 0.25) is 0 Å². The molecular weight excluding hydrogens is 296 g/mol.